The molecule has 1 heterocycles. The predicted octanol–water partition coefficient (Wildman–Crippen LogP) is -0.271. The summed E-state index contributed by atoms with van der Waals surface area (Å²) < 4.78 is 5.01. The smallest absolute Gasteiger partial charge is 0.262 e. The van der Waals surface area contributed by atoms with Crippen molar-refractivity contribution in [2.45, 2.75) is 30.6 Å². The standard InChI is InChI=1S/C22H25N3O6/c1-25(2)16-6-5-13-7-12(3-4-14(13)9-16)8-15(10-23)21(29)24-18-20(28)19(27)17(11-26)31-22(18)30/h3-9,17-20,22,26-28,30H,11H2,1-2H3,(H,24,29)/b15-8+/t17-,18-,19-,20-,22?/m1/s1. The fraction of sp³-hybridized carbons (Fsp3) is 0.364. The second kappa shape index (κ2) is 9.43. The van der Waals surface area contributed by atoms with Gasteiger partial charge in [-0.15, -0.1) is 0 Å². The molecule has 1 aliphatic rings. The monoisotopic (exact) mass is 427 g/mol. The summed E-state index contributed by atoms with van der Waals surface area (Å²) in [6, 6.07) is 11.9. The number of hydrogen-bond donors (Lipinski definition) is 5. The van der Waals surface area contributed by atoms with Crippen molar-refractivity contribution in [1.29, 1.82) is 5.26 Å². The Kier molecular flexibility index (Phi) is 6.90. The Morgan fingerprint density at radius 2 is 1.84 bits per heavy atom. The van der Waals surface area contributed by atoms with Crippen molar-refractivity contribution >= 4 is 28.4 Å². The quantitative estimate of drug-likeness (QED) is 0.324. The molecule has 5 N–H and O–H groups in total. The first kappa shape index (κ1) is 22.7. The lowest BCUT2D eigenvalue weighted by Gasteiger charge is -2.40. The van der Waals surface area contributed by atoms with E-state index in [2.05, 4.69) is 5.32 Å². The van der Waals surface area contributed by atoms with E-state index in [1.807, 2.05) is 55.4 Å². The van der Waals surface area contributed by atoms with E-state index in [4.69, 9.17) is 9.84 Å². The van der Waals surface area contributed by atoms with Gasteiger partial charge in [-0.05, 0) is 40.6 Å². The number of nitrogens with one attached hydrogen (secondary N) is 1. The van der Waals surface area contributed by atoms with Crippen LogP contribution in [0.2, 0.25) is 0 Å². The van der Waals surface area contributed by atoms with E-state index in [0.717, 1.165) is 16.5 Å². The van der Waals surface area contributed by atoms with Crippen molar-refractivity contribution in [3.8, 4) is 6.07 Å². The van der Waals surface area contributed by atoms with Crippen LogP contribution in [0, 0.1) is 11.3 Å². The maximum Gasteiger partial charge on any atom is 0.262 e. The van der Waals surface area contributed by atoms with Crippen molar-refractivity contribution in [3.05, 3.63) is 47.5 Å². The number of hydrogen-bond acceptors (Lipinski definition) is 8. The first-order valence-corrected chi connectivity index (χ1v) is 9.69. The van der Waals surface area contributed by atoms with Crippen molar-refractivity contribution < 1.29 is 30.0 Å². The van der Waals surface area contributed by atoms with Crippen LogP contribution in [0.5, 0.6) is 0 Å². The summed E-state index contributed by atoms with van der Waals surface area (Å²) in [5.74, 6) is -0.841. The zero-order valence-electron chi connectivity index (χ0n) is 17.1. The molecular weight excluding hydrogens is 402 g/mol. The molecule has 0 radical (unpaired) electrons. The number of anilines is 1. The number of aliphatic hydroxyl groups excluding tert-OH is 4. The number of ether oxygens (including phenoxy) is 1. The lowest BCUT2D eigenvalue weighted by molar-refractivity contribution is -0.253. The van der Waals surface area contributed by atoms with Crippen molar-refractivity contribution in [2.24, 2.45) is 0 Å². The molecule has 31 heavy (non-hydrogen) atoms. The Balaban J connectivity index is 1.80. The van der Waals surface area contributed by atoms with Crippen molar-refractivity contribution in [2.75, 3.05) is 25.6 Å². The van der Waals surface area contributed by atoms with Gasteiger partial charge in [0.2, 0.25) is 0 Å². The molecule has 1 fully saturated rings. The van der Waals surface area contributed by atoms with Crippen molar-refractivity contribution in [1.82, 2.24) is 5.32 Å². The van der Waals surface area contributed by atoms with E-state index in [9.17, 15) is 25.4 Å². The van der Waals surface area contributed by atoms with E-state index in [1.54, 1.807) is 6.07 Å². The number of benzene rings is 2. The number of carbonyl (C=O) groups excluding carboxylic acids is 1. The number of amides is 1. The summed E-state index contributed by atoms with van der Waals surface area (Å²) in [6.45, 7) is -0.614. The van der Waals surface area contributed by atoms with Gasteiger partial charge in [0.15, 0.2) is 6.29 Å². The third-order valence-electron chi connectivity index (χ3n) is 5.24. The summed E-state index contributed by atoms with van der Waals surface area (Å²) in [4.78, 5) is 14.6. The minimum Gasteiger partial charge on any atom is -0.394 e. The van der Waals surface area contributed by atoms with Gasteiger partial charge < -0.3 is 35.4 Å². The number of fused-ring (bicyclic) bond motifs is 1. The number of rotatable bonds is 5. The highest BCUT2D eigenvalue weighted by Crippen LogP contribution is 2.24. The molecule has 1 saturated heterocycles. The van der Waals surface area contributed by atoms with E-state index in [0.29, 0.717) is 5.56 Å². The molecule has 1 amide bonds. The molecule has 0 aromatic heterocycles. The van der Waals surface area contributed by atoms with Gasteiger partial charge in [0.25, 0.3) is 5.91 Å². The minimum absolute atomic E-state index is 0.248. The summed E-state index contributed by atoms with van der Waals surface area (Å²) >= 11 is 0. The summed E-state index contributed by atoms with van der Waals surface area (Å²) in [5.41, 5.74) is 1.42. The van der Waals surface area contributed by atoms with E-state index in [1.165, 1.54) is 6.08 Å². The van der Waals surface area contributed by atoms with Crippen molar-refractivity contribution in [3.63, 3.8) is 0 Å². The van der Waals surface area contributed by atoms with Gasteiger partial charge in [-0.3, -0.25) is 4.79 Å². The van der Waals surface area contributed by atoms with Gasteiger partial charge in [-0.25, -0.2) is 0 Å². The van der Waals surface area contributed by atoms with Gasteiger partial charge >= 0.3 is 0 Å². The molecule has 0 saturated carbocycles. The minimum atomic E-state index is -1.66. The van der Waals surface area contributed by atoms with E-state index in [-0.39, 0.29) is 5.57 Å². The summed E-state index contributed by atoms with van der Waals surface area (Å²) in [7, 11) is 3.90. The molecular formula is C22H25N3O6. The first-order chi connectivity index (χ1) is 14.7. The zero-order chi connectivity index (χ0) is 22.7. The SMILES string of the molecule is CN(C)c1ccc2cc(/C=C(\C#N)C(=O)N[C@H]3C(O)O[C@H](CO)[C@@H](O)[C@@H]3O)ccc2c1. The van der Waals surface area contributed by atoms with Crippen LogP contribution < -0.4 is 10.2 Å². The number of aliphatic hydroxyl groups is 4. The number of nitrogens with zero attached hydrogens (tertiary/aromatic N) is 2. The average molecular weight is 427 g/mol. The molecule has 9 heteroatoms. The third-order valence-corrected chi connectivity index (χ3v) is 5.24. The molecule has 2 aromatic carbocycles. The molecule has 2 aromatic rings. The Bertz CT molecular complexity index is 1030. The number of nitriles is 1. The topological polar surface area (TPSA) is 146 Å². The molecule has 3 rings (SSSR count). The van der Waals surface area contributed by atoms with Gasteiger partial charge in [0.1, 0.15) is 36.0 Å². The second-order valence-electron chi connectivity index (χ2n) is 7.58. The lowest BCUT2D eigenvalue weighted by atomic mass is 9.96. The van der Waals surface area contributed by atoms with Crippen LogP contribution in [0.4, 0.5) is 5.69 Å². The Labute approximate surface area is 179 Å². The van der Waals surface area contributed by atoms with Gasteiger partial charge in [-0.2, -0.15) is 5.26 Å². The summed E-state index contributed by atoms with van der Waals surface area (Å²) in [5, 5.41) is 52.9. The molecule has 0 aliphatic carbocycles. The average Bonchev–Trinajstić information content (AvgIpc) is 2.76. The Morgan fingerprint density at radius 3 is 2.48 bits per heavy atom. The van der Waals surface area contributed by atoms with E-state index < -0.39 is 43.2 Å². The fourth-order valence-corrected chi connectivity index (χ4v) is 3.42. The van der Waals surface area contributed by atoms with Crippen LogP contribution in [-0.4, -0.2) is 77.7 Å². The van der Waals surface area contributed by atoms with Crippen LogP contribution in [-0.2, 0) is 9.53 Å². The maximum atomic E-state index is 12.6. The van der Waals surface area contributed by atoms with Crippen LogP contribution >= 0.6 is 0 Å². The maximum absolute atomic E-state index is 12.6. The van der Waals surface area contributed by atoms with Crippen LogP contribution in [0.15, 0.2) is 42.0 Å². The Hall–Kier alpha value is -3.00. The van der Waals surface area contributed by atoms with Crippen LogP contribution in [0.1, 0.15) is 5.56 Å². The largest absolute Gasteiger partial charge is 0.394 e. The molecule has 164 valence electrons. The Morgan fingerprint density at radius 1 is 1.16 bits per heavy atom. The normalized spacial score (nSPS) is 26.4. The van der Waals surface area contributed by atoms with Gasteiger partial charge in [-0.1, -0.05) is 18.2 Å². The summed E-state index contributed by atoms with van der Waals surface area (Å²) in [6.07, 6.45) is -4.55. The first-order valence-electron chi connectivity index (χ1n) is 9.69. The van der Waals surface area contributed by atoms with E-state index >= 15 is 0 Å². The molecule has 1 aliphatic heterocycles. The van der Waals surface area contributed by atoms with Gasteiger partial charge in [0.05, 0.1) is 6.61 Å². The highest BCUT2D eigenvalue weighted by Gasteiger charge is 2.44. The molecule has 0 spiro atoms. The fourth-order valence-electron chi connectivity index (χ4n) is 3.42. The van der Waals surface area contributed by atoms with Gasteiger partial charge in [0, 0.05) is 19.8 Å². The predicted molar refractivity (Wildman–Crippen MR) is 114 cm³/mol. The molecule has 9 nitrogen and oxygen atoms in total. The highest BCUT2D eigenvalue weighted by atomic mass is 16.6. The molecule has 5 atom stereocenters. The second-order valence-corrected chi connectivity index (χ2v) is 7.58. The zero-order valence-corrected chi connectivity index (χ0v) is 17.1. The third kappa shape index (κ3) is 4.85. The van der Waals surface area contributed by atoms with Crippen LogP contribution in [0.25, 0.3) is 16.8 Å². The molecule has 0 bridgehead atoms. The van der Waals surface area contributed by atoms with Crippen LogP contribution in [0.3, 0.4) is 0 Å². The number of carbonyl (C=O) groups is 1. The highest BCUT2D eigenvalue weighted by molar-refractivity contribution is 6.02. The molecule has 1 unspecified atom stereocenters. The lowest BCUT2D eigenvalue weighted by Crippen LogP contribution is -2.64.